The molecule has 6 unspecified atom stereocenters. The molecule has 0 bridgehead atoms. The Morgan fingerprint density at radius 2 is 1.04 bits per heavy atom. The van der Waals surface area contributed by atoms with Crippen molar-refractivity contribution in [1.29, 1.82) is 0 Å². The zero-order chi connectivity index (χ0) is 18.3. The van der Waals surface area contributed by atoms with Crippen molar-refractivity contribution < 1.29 is 38.0 Å². The lowest BCUT2D eigenvalue weighted by Gasteiger charge is -2.31. The number of rotatable bonds is 2. The molecule has 0 aromatic heterocycles. The zero-order valence-electron chi connectivity index (χ0n) is 15.1. The van der Waals surface area contributed by atoms with Gasteiger partial charge in [-0.3, -0.25) is 9.59 Å². The summed E-state index contributed by atoms with van der Waals surface area (Å²) in [6.07, 6.45) is -0.108. The van der Waals surface area contributed by atoms with E-state index in [1.807, 2.05) is 13.8 Å². The SMILES string of the molecule is CC(=O)OC1CC(C)OC(C)O1.CC(=O)OC1CC(C)OC(C)O1. The predicted octanol–water partition coefficient (Wildman–Crippen LogP) is 2.09. The van der Waals surface area contributed by atoms with Gasteiger partial charge in [-0.1, -0.05) is 0 Å². The first-order valence-electron chi connectivity index (χ1n) is 8.12. The van der Waals surface area contributed by atoms with Crippen LogP contribution in [0.25, 0.3) is 0 Å². The Bertz CT molecular complexity index is 355. The van der Waals surface area contributed by atoms with Crippen LogP contribution in [0.1, 0.15) is 54.4 Å². The highest BCUT2D eigenvalue weighted by Crippen LogP contribution is 2.19. The summed E-state index contributed by atoms with van der Waals surface area (Å²) in [7, 11) is 0. The van der Waals surface area contributed by atoms with Crippen LogP contribution >= 0.6 is 0 Å². The van der Waals surface area contributed by atoms with Crippen LogP contribution in [0.5, 0.6) is 0 Å². The molecule has 2 rings (SSSR count). The van der Waals surface area contributed by atoms with Gasteiger partial charge in [-0.25, -0.2) is 0 Å². The van der Waals surface area contributed by atoms with Gasteiger partial charge in [-0.15, -0.1) is 0 Å². The second kappa shape index (κ2) is 9.93. The molecular weight excluding hydrogens is 320 g/mol. The minimum absolute atomic E-state index is 0.0816. The molecule has 0 aromatic carbocycles. The summed E-state index contributed by atoms with van der Waals surface area (Å²) in [5.74, 6) is -0.636. The molecule has 2 fully saturated rings. The van der Waals surface area contributed by atoms with Crippen molar-refractivity contribution in [2.45, 2.75) is 91.8 Å². The fraction of sp³-hybridized carbons (Fsp3) is 0.875. The van der Waals surface area contributed by atoms with Crippen LogP contribution in [0, 0.1) is 0 Å². The first kappa shape index (κ1) is 20.8. The lowest BCUT2D eigenvalue weighted by molar-refractivity contribution is -0.289. The Kier molecular flexibility index (Phi) is 8.61. The first-order valence-corrected chi connectivity index (χ1v) is 8.12. The number of ether oxygens (including phenoxy) is 6. The van der Waals surface area contributed by atoms with Gasteiger partial charge in [0.15, 0.2) is 12.6 Å². The van der Waals surface area contributed by atoms with E-state index >= 15 is 0 Å². The minimum atomic E-state index is -0.443. The topological polar surface area (TPSA) is 89.5 Å². The van der Waals surface area contributed by atoms with Crippen LogP contribution in [0.3, 0.4) is 0 Å². The van der Waals surface area contributed by atoms with E-state index in [9.17, 15) is 9.59 Å². The zero-order valence-corrected chi connectivity index (χ0v) is 15.1. The third-order valence-corrected chi connectivity index (χ3v) is 3.18. The highest BCUT2D eigenvalue weighted by molar-refractivity contribution is 5.66. The van der Waals surface area contributed by atoms with Crippen molar-refractivity contribution in [1.82, 2.24) is 0 Å². The van der Waals surface area contributed by atoms with E-state index in [0.717, 1.165) is 0 Å². The average Bonchev–Trinajstić information content (AvgIpc) is 2.34. The Balaban J connectivity index is 0.000000240. The number of carbonyl (C=O) groups is 2. The van der Waals surface area contributed by atoms with E-state index in [2.05, 4.69) is 0 Å². The molecule has 140 valence electrons. The van der Waals surface area contributed by atoms with Crippen molar-refractivity contribution >= 4 is 11.9 Å². The third-order valence-electron chi connectivity index (χ3n) is 3.18. The van der Waals surface area contributed by atoms with E-state index in [1.54, 1.807) is 13.8 Å². The van der Waals surface area contributed by atoms with Crippen LogP contribution in [0.15, 0.2) is 0 Å². The fourth-order valence-electron chi connectivity index (χ4n) is 2.43. The fourth-order valence-corrected chi connectivity index (χ4v) is 2.43. The van der Waals surface area contributed by atoms with Crippen LogP contribution < -0.4 is 0 Å². The monoisotopic (exact) mass is 348 g/mol. The maximum atomic E-state index is 10.6. The molecule has 2 aliphatic heterocycles. The van der Waals surface area contributed by atoms with Crippen LogP contribution in [-0.2, 0) is 38.0 Å². The van der Waals surface area contributed by atoms with E-state index < -0.39 is 12.6 Å². The van der Waals surface area contributed by atoms with Crippen molar-refractivity contribution in [3.8, 4) is 0 Å². The third kappa shape index (κ3) is 8.58. The molecule has 0 aliphatic carbocycles. The van der Waals surface area contributed by atoms with Crippen LogP contribution in [-0.4, -0.2) is 49.3 Å². The Labute approximate surface area is 142 Å². The first-order chi connectivity index (χ1) is 11.2. The van der Waals surface area contributed by atoms with Gasteiger partial charge in [0.05, 0.1) is 12.2 Å². The van der Waals surface area contributed by atoms with Gasteiger partial charge in [0.25, 0.3) is 0 Å². The summed E-state index contributed by atoms with van der Waals surface area (Å²) in [5.41, 5.74) is 0. The normalized spacial score (nSPS) is 36.1. The molecule has 2 saturated heterocycles. The molecule has 8 heteroatoms. The van der Waals surface area contributed by atoms with Crippen molar-refractivity contribution in [2.24, 2.45) is 0 Å². The van der Waals surface area contributed by atoms with Gasteiger partial charge in [0.2, 0.25) is 12.6 Å². The summed E-state index contributed by atoms with van der Waals surface area (Å²) in [5, 5.41) is 0. The summed E-state index contributed by atoms with van der Waals surface area (Å²) in [6.45, 7) is 10.2. The molecule has 2 heterocycles. The standard InChI is InChI=1S/2C8H14O4/c2*1-5-4-8(11-6(2)9)12-7(3)10-5/h2*5,7-8H,4H2,1-3H3. The number of hydrogen-bond donors (Lipinski definition) is 0. The highest BCUT2D eigenvalue weighted by Gasteiger charge is 2.27. The van der Waals surface area contributed by atoms with Gasteiger partial charge in [-0.2, -0.15) is 0 Å². The lowest BCUT2D eigenvalue weighted by Crippen LogP contribution is -2.37. The minimum Gasteiger partial charge on any atom is -0.436 e. The molecule has 0 spiro atoms. The molecule has 2 aliphatic rings. The van der Waals surface area contributed by atoms with Gasteiger partial charge < -0.3 is 28.4 Å². The largest absolute Gasteiger partial charge is 0.436 e. The van der Waals surface area contributed by atoms with E-state index in [1.165, 1.54) is 13.8 Å². The molecule has 0 aromatic rings. The quantitative estimate of drug-likeness (QED) is 0.701. The molecule has 24 heavy (non-hydrogen) atoms. The van der Waals surface area contributed by atoms with Gasteiger partial charge in [-0.05, 0) is 27.7 Å². The summed E-state index contributed by atoms with van der Waals surface area (Å²) < 4.78 is 30.8. The smallest absolute Gasteiger partial charge is 0.304 e. The number of hydrogen-bond acceptors (Lipinski definition) is 8. The van der Waals surface area contributed by atoms with Gasteiger partial charge in [0, 0.05) is 26.7 Å². The Hall–Kier alpha value is -1.22. The predicted molar refractivity (Wildman–Crippen MR) is 82.5 cm³/mol. The second-order valence-electron chi connectivity index (χ2n) is 5.85. The number of esters is 2. The average molecular weight is 348 g/mol. The van der Waals surface area contributed by atoms with Crippen molar-refractivity contribution in [3.63, 3.8) is 0 Å². The maximum Gasteiger partial charge on any atom is 0.304 e. The van der Waals surface area contributed by atoms with E-state index in [4.69, 9.17) is 28.4 Å². The Morgan fingerprint density at radius 1 is 0.708 bits per heavy atom. The lowest BCUT2D eigenvalue weighted by atomic mass is 10.2. The molecule has 8 nitrogen and oxygen atoms in total. The second-order valence-corrected chi connectivity index (χ2v) is 5.85. The molecule has 0 saturated carbocycles. The van der Waals surface area contributed by atoms with Gasteiger partial charge in [0.1, 0.15) is 0 Å². The molecule has 0 radical (unpaired) electrons. The molecule has 0 amide bonds. The highest BCUT2D eigenvalue weighted by atomic mass is 16.8. The van der Waals surface area contributed by atoms with Crippen LogP contribution in [0.4, 0.5) is 0 Å². The van der Waals surface area contributed by atoms with Crippen molar-refractivity contribution in [3.05, 3.63) is 0 Å². The summed E-state index contributed by atoms with van der Waals surface area (Å²) in [4.78, 5) is 21.2. The van der Waals surface area contributed by atoms with E-state index in [0.29, 0.717) is 12.8 Å². The summed E-state index contributed by atoms with van der Waals surface area (Å²) >= 11 is 0. The summed E-state index contributed by atoms with van der Waals surface area (Å²) in [6, 6.07) is 0. The van der Waals surface area contributed by atoms with Gasteiger partial charge >= 0.3 is 11.9 Å². The number of carbonyl (C=O) groups excluding carboxylic acids is 2. The van der Waals surface area contributed by atoms with E-state index in [-0.39, 0.29) is 36.7 Å². The Morgan fingerprint density at radius 3 is 1.29 bits per heavy atom. The van der Waals surface area contributed by atoms with Crippen molar-refractivity contribution in [2.75, 3.05) is 0 Å². The molecule has 0 N–H and O–H groups in total. The maximum absolute atomic E-state index is 10.6. The molecular formula is C16H28O8. The van der Waals surface area contributed by atoms with Crippen LogP contribution in [0.2, 0.25) is 0 Å². The molecule has 6 atom stereocenters.